The fourth-order valence-corrected chi connectivity index (χ4v) is 4.75. The molecule has 0 aliphatic rings. The number of anilines is 1. The van der Waals surface area contributed by atoms with Gasteiger partial charge in [0.05, 0.1) is 23.3 Å². The minimum absolute atomic E-state index is 0.00665. The zero-order valence-electron chi connectivity index (χ0n) is 17.3. The first-order valence-electron chi connectivity index (χ1n) is 9.88. The molecule has 4 rings (SSSR count). The van der Waals surface area contributed by atoms with Crippen molar-refractivity contribution in [1.29, 1.82) is 0 Å². The third-order valence-electron chi connectivity index (χ3n) is 5.19. The number of ether oxygens (including phenoxy) is 1. The van der Waals surface area contributed by atoms with Gasteiger partial charge >= 0.3 is 5.97 Å². The summed E-state index contributed by atoms with van der Waals surface area (Å²) >= 11 is 0. The molecule has 32 heavy (non-hydrogen) atoms. The van der Waals surface area contributed by atoms with Crippen molar-refractivity contribution in [1.82, 2.24) is 0 Å². The largest absolute Gasteiger partial charge is 0.497 e. The van der Waals surface area contributed by atoms with E-state index in [1.165, 1.54) is 31.4 Å². The number of carboxylic acid groups (broad SMARTS) is 1. The van der Waals surface area contributed by atoms with Gasteiger partial charge in [0.1, 0.15) is 5.75 Å². The lowest BCUT2D eigenvalue weighted by atomic mass is 9.94. The number of fused-ring (bicyclic) bond motifs is 1. The van der Waals surface area contributed by atoms with Crippen LogP contribution in [0.1, 0.15) is 21.5 Å². The van der Waals surface area contributed by atoms with Crippen LogP contribution in [0.25, 0.3) is 10.8 Å². The third-order valence-corrected chi connectivity index (χ3v) is 6.55. The van der Waals surface area contributed by atoms with Gasteiger partial charge in [0, 0.05) is 5.39 Å². The Balaban J connectivity index is 1.88. The fourth-order valence-electron chi connectivity index (χ4n) is 3.66. The van der Waals surface area contributed by atoms with E-state index in [1.807, 2.05) is 42.5 Å². The Morgan fingerprint density at radius 2 is 1.59 bits per heavy atom. The lowest BCUT2D eigenvalue weighted by molar-refractivity contribution is 0.0697. The highest BCUT2D eigenvalue weighted by molar-refractivity contribution is 7.92. The molecule has 4 aromatic rings. The molecule has 0 fully saturated rings. The zero-order chi connectivity index (χ0) is 22.7. The minimum Gasteiger partial charge on any atom is -0.497 e. The van der Waals surface area contributed by atoms with Crippen LogP contribution in [0.3, 0.4) is 0 Å². The number of benzene rings is 4. The van der Waals surface area contributed by atoms with Gasteiger partial charge in [-0.25, -0.2) is 13.2 Å². The first-order chi connectivity index (χ1) is 15.4. The van der Waals surface area contributed by atoms with Gasteiger partial charge in [0.15, 0.2) is 0 Å². The average Bonchev–Trinajstić information content (AvgIpc) is 2.79. The maximum Gasteiger partial charge on any atom is 0.338 e. The Morgan fingerprint density at radius 1 is 0.938 bits per heavy atom. The van der Waals surface area contributed by atoms with Crippen molar-refractivity contribution in [2.75, 3.05) is 11.8 Å². The maximum atomic E-state index is 13.1. The molecule has 162 valence electrons. The van der Waals surface area contributed by atoms with Crippen LogP contribution in [0.5, 0.6) is 5.75 Å². The summed E-state index contributed by atoms with van der Waals surface area (Å²) in [5, 5.41) is 11.3. The summed E-state index contributed by atoms with van der Waals surface area (Å²) in [6.07, 6.45) is 0.352. The number of sulfonamides is 1. The van der Waals surface area contributed by atoms with Crippen LogP contribution in [0.2, 0.25) is 0 Å². The molecule has 0 saturated heterocycles. The van der Waals surface area contributed by atoms with Gasteiger partial charge in [-0.05, 0) is 53.3 Å². The normalized spacial score (nSPS) is 11.3. The van der Waals surface area contributed by atoms with Crippen LogP contribution < -0.4 is 9.46 Å². The average molecular weight is 448 g/mol. The number of hydrogen-bond acceptors (Lipinski definition) is 4. The van der Waals surface area contributed by atoms with Gasteiger partial charge < -0.3 is 9.84 Å². The van der Waals surface area contributed by atoms with Crippen LogP contribution in [0.15, 0.2) is 89.8 Å². The molecule has 0 bridgehead atoms. The van der Waals surface area contributed by atoms with Crippen molar-refractivity contribution in [3.8, 4) is 5.75 Å². The molecule has 0 atom stereocenters. The SMILES string of the molecule is COc1ccc(S(=O)(=O)Nc2c(C(=O)O)c(Cc3ccccc3)cc3ccccc23)cc1. The van der Waals surface area contributed by atoms with Crippen molar-refractivity contribution in [2.24, 2.45) is 0 Å². The molecule has 0 heterocycles. The molecule has 0 aromatic heterocycles. The van der Waals surface area contributed by atoms with E-state index < -0.39 is 16.0 Å². The van der Waals surface area contributed by atoms with Crippen molar-refractivity contribution in [2.45, 2.75) is 11.3 Å². The minimum atomic E-state index is -4.04. The molecule has 7 heteroatoms. The van der Waals surface area contributed by atoms with Gasteiger partial charge in [-0.1, -0.05) is 54.6 Å². The number of carbonyl (C=O) groups is 1. The number of aromatic carboxylic acids is 1. The van der Waals surface area contributed by atoms with Crippen molar-refractivity contribution < 1.29 is 23.1 Å². The van der Waals surface area contributed by atoms with Crippen LogP contribution >= 0.6 is 0 Å². The monoisotopic (exact) mass is 447 g/mol. The Bertz CT molecular complexity index is 1380. The second kappa shape index (κ2) is 8.72. The van der Waals surface area contributed by atoms with E-state index in [0.717, 1.165) is 10.9 Å². The van der Waals surface area contributed by atoms with Crippen LogP contribution in [-0.2, 0) is 16.4 Å². The highest BCUT2D eigenvalue weighted by atomic mass is 32.2. The predicted molar refractivity (Wildman–Crippen MR) is 124 cm³/mol. The summed E-state index contributed by atoms with van der Waals surface area (Å²) in [6.45, 7) is 0. The quantitative estimate of drug-likeness (QED) is 0.419. The highest BCUT2D eigenvalue weighted by Crippen LogP contribution is 2.34. The Labute approximate surface area is 186 Å². The van der Waals surface area contributed by atoms with E-state index in [4.69, 9.17) is 4.74 Å². The van der Waals surface area contributed by atoms with E-state index in [9.17, 15) is 18.3 Å². The molecule has 0 aliphatic carbocycles. The number of methoxy groups -OCH3 is 1. The predicted octanol–water partition coefficient (Wildman–Crippen LogP) is 4.94. The molecule has 0 aliphatic heterocycles. The fraction of sp³-hybridized carbons (Fsp3) is 0.0800. The first kappa shape index (κ1) is 21.4. The number of hydrogen-bond donors (Lipinski definition) is 2. The molecule has 4 aromatic carbocycles. The summed E-state index contributed by atoms with van der Waals surface area (Å²) in [4.78, 5) is 12.3. The zero-order valence-corrected chi connectivity index (χ0v) is 18.1. The second-order valence-electron chi connectivity index (χ2n) is 7.26. The van der Waals surface area contributed by atoms with E-state index in [0.29, 0.717) is 23.1 Å². The molecule has 0 amide bonds. The number of carboxylic acids is 1. The van der Waals surface area contributed by atoms with Gasteiger partial charge in [-0.2, -0.15) is 0 Å². The van der Waals surface area contributed by atoms with Gasteiger partial charge in [0.2, 0.25) is 0 Å². The van der Waals surface area contributed by atoms with E-state index in [-0.39, 0.29) is 16.1 Å². The van der Waals surface area contributed by atoms with Gasteiger partial charge in [-0.3, -0.25) is 4.72 Å². The summed E-state index contributed by atoms with van der Waals surface area (Å²) in [5.74, 6) is -0.681. The van der Waals surface area contributed by atoms with Gasteiger partial charge in [0.25, 0.3) is 10.0 Å². The first-order valence-corrected chi connectivity index (χ1v) is 11.4. The Hall–Kier alpha value is -3.84. The molecular formula is C25H21NO5S. The maximum absolute atomic E-state index is 13.1. The van der Waals surface area contributed by atoms with Crippen molar-refractivity contribution in [3.63, 3.8) is 0 Å². The van der Waals surface area contributed by atoms with Crippen LogP contribution in [0, 0.1) is 0 Å². The number of rotatable bonds is 7. The Kier molecular flexibility index (Phi) is 5.83. The van der Waals surface area contributed by atoms with Crippen LogP contribution in [-0.4, -0.2) is 26.6 Å². The smallest absolute Gasteiger partial charge is 0.338 e. The highest BCUT2D eigenvalue weighted by Gasteiger charge is 2.24. The molecule has 0 unspecified atom stereocenters. The molecule has 2 N–H and O–H groups in total. The van der Waals surface area contributed by atoms with Crippen molar-refractivity contribution in [3.05, 3.63) is 102 Å². The Morgan fingerprint density at radius 3 is 2.25 bits per heavy atom. The van der Waals surface area contributed by atoms with E-state index in [2.05, 4.69) is 4.72 Å². The summed E-state index contributed by atoms with van der Waals surface area (Å²) < 4.78 is 33.9. The molecule has 0 spiro atoms. The van der Waals surface area contributed by atoms with Crippen LogP contribution in [0.4, 0.5) is 5.69 Å². The van der Waals surface area contributed by atoms with E-state index in [1.54, 1.807) is 18.2 Å². The molecule has 0 radical (unpaired) electrons. The van der Waals surface area contributed by atoms with Gasteiger partial charge in [-0.15, -0.1) is 0 Å². The number of nitrogens with one attached hydrogen (secondary N) is 1. The summed E-state index contributed by atoms with van der Waals surface area (Å²) in [7, 11) is -2.55. The lowest BCUT2D eigenvalue weighted by Gasteiger charge is -2.17. The third kappa shape index (κ3) is 4.29. The lowest BCUT2D eigenvalue weighted by Crippen LogP contribution is -2.17. The molecular weight excluding hydrogens is 426 g/mol. The second-order valence-corrected chi connectivity index (χ2v) is 8.94. The standard InChI is InChI=1S/C25H21NO5S/c1-31-20-11-13-21(14-12-20)32(29,30)26-24-22-10-6-5-9-18(22)16-19(23(24)25(27)28)15-17-7-3-2-4-8-17/h2-14,16,26H,15H2,1H3,(H,27,28). The van der Waals surface area contributed by atoms with Crippen molar-refractivity contribution >= 4 is 32.5 Å². The topological polar surface area (TPSA) is 92.7 Å². The molecule has 6 nitrogen and oxygen atoms in total. The summed E-state index contributed by atoms with van der Waals surface area (Å²) in [5.41, 5.74) is 1.44. The molecule has 0 saturated carbocycles. The summed E-state index contributed by atoms with van der Waals surface area (Å²) in [6, 6.07) is 24.3. The van der Waals surface area contributed by atoms with E-state index >= 15 is 0 Å².